The molecule has 0 spiro atoms. The van der Waals surface area contributed by atoms with Crippen molar-refractivity contribution in [3.05, 3.63) is 64.2 Å². The fraction of sp³-hybridized carbons (Fsp3) is 0.176. The van der Waals surface area contributed by atoms with Gasteiger partial charge in [-0.3, -0.25) is 4.79 Å². The topological polar surface area (TPSA) is 50.1 Å². The molecule has 106 valence electrons. The van der Waals surface area contributed by atoms with Gasteiger partial charge in [-0.05, 0) is 30.7 Å². The second-order valence-electron chi connectivity index (χ2n) is 4.68. The number of halogens is 1. The summed E-state index contributed by atoms with van der Waals surface area (Å²) in [5, 5.41) is 9.80. The Morgan fingerprint density at radius 2 is 1.90 bits per heavy atom. The molecule has 0 aromatic heterocycles. The van der Waals surface area contributed by atoms with Crippen molar-refractivity contribution in [3.63, 3.8) is 0 Å². The molecule has 0 amide bonds. The molecule has 0 bridgehead atoms. The second kappa shape index (κ2) is 6.43. The van der Waals surface area contributed by atoms with Gasteiger partial charge in [-0.2, -0.15) is 5.26 Å². The van der Waals surface area contributed by atoms with Crippen molar-refractivity contribution in [2.75, 3.05) is 7.11 Å². The number of nitrogens with zero attached hydrogens (tertiary/aromatic N) is 1. The summed E-state index contributed by atoms with van der Waals surface area (Å²) < 4.78 is 5.18. The van der Waals surface area contributed by atoms with Crippen molar-refractivity contribution in [2.24, 2.45) is 0 Å². The van der Waals surface area contributed by atoms with Crippen LogP contribution in [0.1, 0.15) is 27.4 Å². The highest BCUT2D eigenvalue weighted by Crippen LogP contribution is 2.28. The molecule has 0 N–H and O–H groups in total. The van der Waals surface area contributed by atoms with Gasteiger partial charge in [0.1, 0.15) is 11.7 Å². The van der Waals surface area contributed by atoms with E-state index in [1.807, 2.05) is 19.1 Å². The lowest BCUT2D eigenvalue weighted by Gasteiger charge is -2.12. The molecule has 0 fully saturated rings. The van der Waals surface area contributed by atoms with Crippen LogP contribution in [0, 0.1) is 18.3 Å². The molecule has 0 saturated heterocycles. The number of benzene rings is 2. The summed E-state index contributed by atoms with van der Waals surface area (Å²) in [5.41, 5.74) is 2.05. The van der Waals surface area contributed by atoms with E-state index in [0.29, 0.717) is 21.9 Å². The van der Waals surface area contributed by atoms with Gasteiger partial charge in [-0.15, -0.1) is 0 Å². The van der Waals surface area contributed by atoms with Gasteiger partial charge in [0, 0.05) is 5.02 Å². The summed E-state index contributed by atoms with van der Waals surface area (Å²) in [6, 6.07) is 14.2. The van der Waals surface area contributed by atoms with Gasteiger partial charge in [0.15, 0.2) is 5.78 Å². The van der Waals surface area contributed by atoms with Crippen LogP contribution >= 0.6 is 11.6 Å². The van der Waals surface area contributed by atoms with Crippen molar-refractivity contribution in [1.29, 1.82) is 5.26 Å². The predicted molar refractivity (Wildman–Crippen MR) is 81.9 cm³/mol. The van der Waals surface area contributed by atoms with E-state index in [-0.39, 0.29) is 5.78 Å². The highest BCUT2D eigenvalue weighted by Gasteiger charge is 2.24. The Bertz CT molecular complexity index is 702. The van der Waals surface area contributed by atoms with Gasteiger partial charge in [-0.25, -0.2) is 0 Å². The number of carbonyl (C=O) groups is 1. The molecular weight excluding hydrogens is 286 g/mol. The molecular formula is C17H14ClNO2. The zero-order chi connectivity index (χ0) is 15.4. The quantitative estimate of drug-likeness (QED) is 0.797. The molecule has 0 radical (unpaired) electrons. The third-order valence-electron chi connectivity index (χ3n) is 3.23. The molecule has 2 rings (SSSR count). The van der Waals surface area contributed by atoms with Crippen LogP contribution in [0.2, 0.25) is 5.02 Å². The molecule has 2 aromatic carbocycles. The third kappa shape index (κ3) is 3.24. The third-order valence-corrected chi connectivity index (χ3v) is 3.46. The van der Waals surface area contributed by atoms with Crippen LogP contribution in [0.5, 0.6) is 5.75 Å². The Hall–Kier alpha value is -2.31. The van der Waals surface area contributed by atoms with Crippen molar-refractivity contribution in [3.8, 4) is 11.8 Å². The van der Waals surface area contributed by atoms with Gasteiger partial charge in [0.2, 0.25) is 0 Å². The van der Waals surface area contributed by atoms with E-state index in [1.165, 1.54) is 13.2 Å². The number of nitriles is 1. The molecule has 2 aromatic rings. The van der Waals surface area contributed by atoms with Crippen molar-refractivity contribution >= 4 is 17.4 Å². The molecule has 0 heterocycles. The lowest BCUT2D eigenvalue weighted by molar-refractivity contribution is 0.0976. The van der Waals surface area contributed by atoms with E-state index < -0.39 is 5.92 Å². The number of hydrogen-bond donors (Lipinski definition) is 0. The summed E-state index contributed by atoms with van der Waals surface area (Å²) in [6.45, 7) is 1.95. The SMILES string of the molecule is COc1ccc(Cl)cc1C(=O)C(C#N)c1ccc(C)cc1. The molecule has 0 aliphatic heterocycles. The Balaban J connectivity index is 2.44. The van der Waals surface area contributed by atoms with E-state index in [1.54, 1.807) is 24.3 Å². The van der Waals surface area contributed by atoms with Crippen molar-refractivity contribution in [2.45, 2.75) is 12.8 Å². The number of rotatable bonds is 4. The maximum absolute atomic E-state index is 12.6. The van der Waals surface area contributed by atoms with Crippen molar-refractivity contribution < 1.29 is 9.53 Å². The van der Waals surface area contributed by atoms with Crippen LogP contribution in [-0.4, -0.2) is 12.9 Å². The first-order valence-electron chi connectivity index (χ1n) is 6.40. The molecule has 0 aliphatic carbocycles. The van der Waals surface area contributed by atoms with Gasteiger partial charge < -0.3 is 4.74 Å². The highest BCUT2D eigenvalue weighted by molar-refractivity contribution is 6.31. The predicted octanol–water partition coefficient (Wildman–Crippen LogP) is 4.15. The Kier molecular flexibility index (Phi) is 4.62. The first-order chi connectivity index (χ1) is 10.1. The fourth-order valence-corrected chi connectivity index (χ4v) is 2.24. The Labute approximate surface area is 128 Å². The number of ketones is 1. The summed E-state index contributed by atoms with van der Waals surface area (Å²) in [4.78, 5) is 12.6. The summed E-state index contributed by atoms with van der Waals surface area (Å²) >= 11 is 5.94. The summed E-state index contributed by atoms with van der Waals surface area (Å²) in [7, 11) is 1.48. The molecule has 1 atom stereocenters. The fourth-order valence-electron chi connectivity index (χ4n) is 2.07. The Morgan fingerprint density at radius 3 is 2.48 bits per heavy atom. The van der Waals surface area contributed by atoms with Gasteiger partial charge in [0.05, 0.1) is 18.7 Å². The number of ether oxygens (including phenoxy) is 1. The van der Waals surface area contributed by atoms with E-state index in [9.17, 15) is 10.1 Å². The standard InChI is InChI=1S/C17H14ClNO2/c1-11-3-5-12(6-4-11)15(10-19)17(20)14-9-13(18)7-8-16(14)21-2/h3-9,15H,1-2H3. The number of Topliss-reactive ketones (excluding diaryl/α,β-unsaturated/α-hetero) is 1. The minimum atomic E-state index is -0.877. The Morgan fingerprint density at radius 1 is 1.24 bits per heavy atom. The average molecular weight is 300 g/mol. The second-order valence-corrected chi connectivity index (χ2v) is 5.12. The van der Waals surface area contributed by atoms with E-state index in [2.05, 4.69) is 6.07 Å². The number of carbonyl (C=O) groups excluding carboxylic acids is 1. The van der Waals surface area contributed by atoms with Crippen LogP contribution in [-0.2, 0) is 0 Å². The number of hydrogen-bond acceptors (Lipinski definition) is 3. The monoisotopic (exact) mass is 299 g/mol. The first kappa shape index (κ1) is 15.1. The van der Waals surface area contributed by atoms with E-state index in [4.69, 9.17) is 16.3 Å². The van der Waals surface area contributed by atoms with Gasteiger partial charge in [0.25, 0.3) is 0 Å². The maximum Gasteiger partial charge on any atom is 0.188 e. The zero-order valence-electron chi connectivity index (χ0n) is 11.8. The minimum Gasteiger partial charge on any atom is -0.496 e. The highest BCUT2D eigenvalue weighted by atomic mass is 35.5. The van der Waals surface area contributed by atoms with Crippen LogP contribution in [0.4, 0.5) is 0 Å². The van der Waals surface area contributed by atoms with Gasteiger partial charge >= 0.3 is 0 Å². The number of aryl methyl sites for hydroxylation is 1. The summed E-state index contributed by atoms with van der Waals surface area (Å²) in [5.74, 6) is -0.782. The van der Waals surface area contributed by atoms with Crippen LogP contribution in [0.15, 0.2) is 42.5 Å². The van der Waals surface area contributed by atoms with E-state index in [0.717, 1.165) is 5.56 Å². The van der Waals surface area contributed by atoms with Crippen LogP contribution in [0.3, 0.4) is 0 Å². The largest absolute Gasteiger partial charge is 0.496 e. The first-order valence-corrected chi connectivity index (χ1v) is 6.78. The lowest BCUT2D eigenvalue weighted by Crippen LogP contribution is -2.12. The molecule has 4 heteroatoms. The lowest BCUT2D eigenvalue weighted by atomic mass is 9.91. The summed E-state index contributed by atoms with van der Waals surface area (Å²) in [6.07, 6.45) is 0. The average Bonchev–Trinajstić information content (AvgIpc) is 2.49. The maximum atomic E-state index is 12.6. The zero-order valence-corrected chi connectivity index (χ0v) is 12.5. The smallest absolute Gasteiger partial charge is 0.188 e. The van der Waals surface area contributed by atoms with Crippen LogP contribution < -0.4 is 4.74 Å². The number of methoxy groups -OCH3 is 1. The molecule has 1 unspecified atom stereocenters. The van der Waals surface area contributed by atoms with E-state index >= 15 is 0 Å². The minimum absolute atomic E-state index is 0.317. The molecule has 21 heavy (non-hydrogen) atoms. The van der Waals surface area contributed by atoms with Crippen LogP contribution in [0.25, 0.3) is 0 Å². The van der Waals surface area contributed by atoms with Crippen molar-refractivity contribution in [1.82, 2.24) is 0 Å². The van der Waals surface area contributed by atoms with Gasteiger partial charge in [-0.1, -0.05) is 41.4 Å². The molecule has 0 aliphatic rings. The molecule has 0 saturated carbocycles. The normalized spacial score (nSPS) is 11.5. The molecule has 3 nitrogen and oxygen atoms in total.